The first-order valence-electron chi connectivity index (χ1n) is 7.21. The average molecular weight is 332 g/mol. The molecule has 0 saturated carbocycles. The number of aliphatic imine (C=N–C) groups is 1. The number of ether oxygens (including phenoxy) is 2. The highest BCUT2D eigenvalue weighted by atomic mass is 19.4. The number of hydrogen-bond donors (Lipinski definition) is 1. The van der Waals surface area contributed by atoms with Crippen molar-refractivity contribution in [1.82, 2.24) is 9.88 Å². The molecule has 2 heterocycles. The van der Waals surface area contributed by atoms with Crippen molar-refractivity contribution >= 4 is 5.96 Å². The second kappa shape index (κ2) is 8.00. The third-order valence-corrected chi connectivity index (χ3v) is 3.19. The van der Waals surface area contributed by atoms with Gasteiger partial charge in [0.15, 0.2) is 12.6 Å². The molecule has 1 aromatic rings. The van der Waals surface area contributed by atoms with Gasteiger partial charge in [-0.05, 0) is 12.0 Å². The van der Waals surface area contributed by atoms with E-state index in [0.717, 1.165) is 18.7 Å². The summed E-state index contributed by atoms with van der Waals surface area (Å²) >= 11 is 0. The van der Waals surface area contributed by atoms with Crippen molar-refractivity contribution in [3.8, 4) is 5.88 Å². The summed E-state index contributed by atoms with van der Waals surface area (Å²) < 4.78 is 45.9. The minimum Gasteiger partial charge on any atom is -0.468 e. The van der Waals surface area contributed by atoms with E-state index in [2.05, 4.69) is 14.7 Å². The van der Waals surface area contributed by atoms with Crippen molar-refractivity contribution < 1.29 is 22.6 Å². The summed E-state index contributed by atoms with van der Waals surface area (Å²) in [6.45, 7) is 1.86. The Labute approximate surface area is 132 Å². The van der Waals surface area contributed by atoms with Gasteiger partial charge in [-0.15, -0.1) is 0 Å². The van der Waals surface area contributed by atoms with E-state index >= 15 is 0 Å². The van der Waals surface area contributed by atoms with Gasteiger partial charge in [-0.25, -0.2) is 4.98 Å². The Morgan fingerprint density at radius 1 is 1.35 bits per heavy atom. The topological polar surface area (TPSA) is 73.0 Å². The molecule has 0 aliphatic carbocycles. The first-order chi connectivity index (χ1) is 10.9. The van der Waals surface area contributed by atoms with Gasteiger partial charge in [0.25, 0.3) is 0 Å². The maximum atomic E-state index is 12.0. The quantitative estimate of drug-likeness (QED) is 0.648. The molecule has 1 saturated heterocycles. The molecule has 0 radical (unpaired) electrons. The SMILES string of the molecule is NC(=NCCc1ccc(OCC(F)(F)F)nc1)N1CCOCC1. The lowest BCUT2D eigenvalue weighted by molar-refractivity contribution is -0.154. The maximum Gasteiger partial charge on any atom is 0.422 e. The number of nitrogens with two attached hydrogens (primary N) is 1. The summed E-state index contributed by atoms with van der Waals surface area (Å²) in [6.07, 6.45) is -2.30. The number of alkyl halides is 3. The van der Waals surface area contributed by atoms with E-state index in [1.165, 1.54) is 12.3 Å². The van der Waals surface area contributed by atoms with Gasteiger partial charge in [0.05, 0.1) is 13.2 Å². The number of rotatable bonds is 5. The monoisotopic (exact) mass is 332 g/mol. The number of pyridine rings is 1. The van der Waals surface area contributed by atoms with Crippen LogP contribution in [0.3, 0.4) is 0 Å². The fourth-order valence-corrected chi connectivity index (χ4v) is 1.99. The zero-order valence-electron chi connectivity index (χ0n) is 12.6. The smallest absolute Gasteiger partial charge is 0.422 e. The van der Waals surface area contributed by atoms with Crippen LogP contribution in [-0.4, -0.2) is 61.5 Å². The van der Waals surface area contributed by atoms with Gasteiger partial charge in [0.1, 0.15) is 0 Å². The molecule has 0 aromatic carbocycles. The highest BCUT2D eigenvalue weighted by Crippen LogP contribution is 2.17. The second-order valence-electron chi connectivity index (χ2n) is 5.00. The van der Waals surface area contributed by atoms with Crippen LogP contribution in [0.4, 0.5) is 13.2 Å². The van der Waals surface area contributed by atoms with Gasteiger partial charge in [0.2, 0.25) is 5.88 Å². The number of nitrogens with zero attached hydrogens (tertiary/aromatic N) is 3. The predicted molar refractivity (Wildman–Crippen MR) is 78.4 cm³/mol. The van der Waals surface area contributed by atoms with Crippen molar-refractivity contribution in [3.05, 3.63) is 23.9 Å². The molecule has 128 valence electrons. The fourth-order valence-electron chi connectivity index (χ4n) is 1.99. The van der Waals surface area contributed by atoms with Crippen molar-refractivity contribution in [2.45, 2.75) is 12.6 Å². The molecule has 0 bridgehead atoms. The van der Waals surface area contributed by atoms with Crippen molar-refractivity contribution in [1.29, 1.82) is 0 Å². The number of morpholine rings is 1. The van der Waals surface area contributed by atoms with E-state index in [4.69, 9.17) is 10.5 Å². The first-order valence-corrected chi connectivity index (χ1v) is 7.21. The normalized spacial score (nSPS) is 16.5. The van der Waals surface area contributed by atoms with E-state index in [-0.39, 0.29) is 5.88 Å². The Hall–Kier alpha value is -2.03. The summed E-state index contributed by atoms with van der Waals surface area (Å²) in [4.78, 5) is 10.1. The molecule has 6 nitrogen and oxygen atoms in total. The summed E-state index contributed by atoms with van der Waals surface area (Å²) in [7, 11) is 0. The van der Waals surface area contributed by atoms with Crippen molar-refractivity contribution in [2.75, 3.05) is 39.5 Å². The van der Waals surface area contributed by atoms with E-state index in [1.54, 1.807) is 6.07 Å². The summed E-state index contributed by atoms with van der Waals surface area (Å²) in [6, 6.07) is 3.08. The van der Waals surface area contributed by atoms with Crippen LogP contribution in [0.1, 0.15) is 5.56 Å². The zero-order chi connectivity index (χ0) is 16.7. The average Bonchev–Trinajstić information content (AvgIpc) is 2.54. The van der Waals surface area contributed by atoms with Crippen molar-refractivity contribution in [3.63, 3.8) is 0 Å². The van der Waals surface area contributed by atoms with Crippen LogP contribution in [0.15, 0.2) is 23.3 Å². The van der Waals surface area contributed by atoms with Gasteiger partial charge in [-0.1, -0.05) is 6.07 Å². The molecule has 0 amide bonds. The standard InChI is InChI=1S/C14H19F3N4O2/c15-14(16,17)10-23-12-2-1-11(9-20-12)3-4-19-13(18)21-5-7-22-8-6-21/h1-2,9H,3-8,10H2,(H2,18,19). The van der Waals surface area contributed by atoms with Crippen LogP contribution in [0, 0.1) is 0 Å². The minimum atomic E-state index is -4.37. The van der Waals surface area contributed by atoms with E-state index in [9.17, 15) is 13.2 Å². The van der Waals surface area contributed by atoms with Gasteiger partial charge < -0.3 is 20.1 Å². The molecule has 1 fully saturated rings. The van der Waals surface area contributed by atoms with Crippen LogP contribution in [0.5, 0.6) is 5.88 Å². The third-order valence-electron chi connectivity index (χ3n) is 3.19. The number of halogens is 3. The third kappa shape index (κ3) is 6.31. The molecular formula is C14H19F3N4O2. The number of hydrogen-bond acceptors (Lipinski definition) is 4. The highest BCUT2D eigenvalue weighted by Gasteiger charge is 2.28. The van der Waals surface area contributed by atoms with E-state index in [0.29, 0.717) is 32.1 Å². The maximum absolute atomic E-state index is 12.0. The zero-order valence-corrected chi connectivity index (χ0v) is 12.6. The molecule has 23 heavy (non-hydrogen) atoms. The summed E-state index contributed by atoms with van der Waals surface area (Å²) in [5.41, 5.74) is 6.75. The molecule has 2 rings (SSSR count). The van der Waals surface area contributed by atoms with Gasteiger partial charge in [-0.2, -0.15) is 13.2 Å². The van der Waals surface area contributed by atoms with Crippen LogP contribution in [0.2, 0.25) is 0 Å². The molecule has 0 atom stereocenters. The Kier molecular flexibility index (Phi) is 6.03. The summed E-state index contributed by atoms with van der Waals surface area (Å²) in [5.74, 6) is 0.425. The number of aromatic nitrogens is 1. The minimum absolute atomic E-state index is 0.0533. The number of guanidine groups is 1. The molecule has 0 unspecified atom stereocenters. The predicted octanol–water partition coefficient (Wildman–Crippen LogP) is 1.21. The molecule has 1 aromatic heterocycles. The second-order valence-corrected chi connectivity index (χ2v) is 5.00. The lowest BCUT2D eigenvalue weighted by Crippen LogP contribution is -2.44. The molecule has 1 aliphatic rings. The highest BCUT2D eigenvalue weighted by molar-refractivity contribution is 5.78. The largest absolute Gasteiger partial charge is 0.468 e. The molecule has 0 spiro atoms. The lowest BCUT2D eigenvalue weighted by Gasteiger charge is -2.27. The Balaban J connectivity index is 1.77. The Morgan fingerprint density at radius 3 is 2.70 bits per heavy atom. The van der Waals surface area contributed by atoms with Gasteiger partial charge >= 0.3 is 6.18 Å². The van der Waals surface area contributed by atoms with E-state index in [1.807, 2.05) is 4.90 Å². The fraction of sp³-hybridized carbons (Fsp3) is 0.571. The van der Waals surface area contributed by atoms with Crippen LogP contribution in [0.25, 0.3) is 0 Å². The molecule has 9 heteroatoms. The molecular weight excluding hydrogens is 313 g/mol. The lowest BCUT2D eigenvalue weighted by atomic mass is 10.2. The van der Waals surface area contributed by atoms with Crippen LogP contribution < -0.4 is 10.5 Å². The Morgan fingerprint density at radius 2 is 2.09 bits per heavy atom. The molecule has 2 N–H and O–H groups in total. The first kappa shape index (κ1) is 17.3. The molecule has 1 aliphatic heterocycles. The summed E-state index contributed by atoms with van der Waals surface area (Å²) in [5, 5.41) is 0. The van der Waals surface area contributed by atoms with Gasteiger partial charge in [-0.3, -0.25) is 4.99 Å². The Bertz CT molecular complexity index is 514. The van der Waals surface area contributed by atoms with E-state index < -0.39 is 12.8 Å². The van der Waals surface area contributed by atoms with Crippen molar-refractivity contribution in [2.24, 2.45) is 10.7 Å². The van der Waals surface area contributed by atoms with Crippen LogP contribution >= 0.6 is 0 Å². The van der Waals surface area contributed by atoms with Crippen LogP contribution in [-0.2, 0) is 11.2 Å². The van der Waals surface area contributed by atoms with Gasteiger partial charge in [0, 0.05) is 31.9 Å².